The highest BCUT2D eigenvalue weighted by Gasteiger charge is 2.10. The molecule has 0 atom stereocenters. The van der Waals surface area contributed by atoms with Crippen molar-refractivity contribution >= 4 is 45.1 Å². The molecule has 0 saturated carbocycles. The fourth-order valence-electron chi connectivity index (χ4n) is 2.39. The van der Waals surface area contributed by atoms with E-state index < -0.39 is 0 Å². The second-order valence-electron chi connectivity index (χ2n) is 5.35. The van der Waals surface area contributed by atoms with Gasteiger partial charge in [0.25, 0.3) is 0 Å². The summed E-state index contributed by atoms with van der Waals surface area (Å²) in [6, 6.07) is 15.9. The van der Waals surface area contributed by atoms with Crippen molar-refractivity contribution in [1.29, 1.82) is 0 Å². The summed E-state index contributed by atoms with van der Waals surface area (Å²) >= 11 is 9.39. The number of benzene rings is 2. The normalized spacial score (nSPS) is 10.8. The fourth-order valence-corrected chi connectivity index (χ4v) is 4.15. The van der Waals surface area contributed by atoms with E-state index >= 15 is 0 Å². The van der Waals surface area contributed by atoms with Crippen LogP contribution in [0.15, 0.2) is 53.9 Å². The summed E-state index contributed by atoms with van der Waals surface area (Å²) in [4.78, 5) is 4.74. The van der Waals surface area contributed by atoms with Gasteiger partial charge in [-0.15, -0.1) is 21.5 Å². The molecule has 1 N–H and O–H groups in total. The van der Waals surface area contributed by atoms with Gasteiger partial charge in [0.15, 0.2) is 0 Å². The number of rotatable bonds is 4. The molecule has 0 saturated heterocycles. The molecule has 4 aromatic rings. The largest absolute Gasteiger partial charge is 0.330 e. The molecule has 7 heteroatoms. The molecule has 2 heterocycles. The standard InChI is InChI=1S/C18H13ClN4S2/c1-11-22-23-18(25-11)20-13-6-4-5-12(9-13)16-10-24-17(21-16)14-7-2-3-8-15(14)19/h2-10H,1H3,(H,20,23). The van der Waals surface area contributed by atoms with Crippen molar-refractivity contribution < 1.29 is 0 Å². The smallest absolute Gasteiger partial charge is 0.210 e. The number of anilines is 2. The van der Waals surface area contributed by atoms with Gasteiger partial charge in [-0.1, -0.05) is 53.3 Å². The van der Waals surface area contributed by atoms with Crippen molar-refractivity contribution in [2.75, 3.05) is 5.32 Å². The Bertz CT molecular complexity index is 1030. The molecule has 25 heavy (non-hydrogen) atoms. The molecule has 2 aromatic carbocycles. The molecule has 0 amide bonds. The SMILES string of the molecule is Cc1nnc(Nc2cccc(-c3csc(-c4ccccc4Cl)n3)c2)s1. The third-order valence-corrected chi connectivity index (χ3v) is 5.50. The second-order valence-corrected chi connectivity index (χ2v) is 7.80. The predicted octanol–water partition coefficient (Wildman–Crippen LogP) is 6.03. The Kier molecular flexibility index (Phi) is 4.48. The number of nitrogens with one attached hydrogen (secondary N) is 1. The van der Waals surface area contributed by atoms with Crippen LogP contribution in [0.2, 0.25) is 5.02 Å². The van der Waals surface area contributed by atoms with Crippen LogP contribution in [-0.4, -0.2) is 15.2 Å². The van der Waals surface area contributed by atoms with E-state index in [0.717, 1.165) is 37.7 Å². The Morgan fingerprint density at radius 3 is 2.72 bits per heavy atom. The van der Waals surface area contributed by atoms with Gasteiger partial charge >= 0.3 is 0 Å². The lowest BCUT2D eigenvalue weighted by Gasteiger charge is -2.04. The fraction of sp³-hybridized carbons (Fsp3) is 0.0556. The maximum Gasteiger partial charge on any atom is 0.210 e. The van der Waals surface area contributed by atoms with E-state index in [0.29, 0.717) is 5.02 Å². The summed E-state index contributed by atoms with van der Waals surface area (Å²) in [5.41, 5.74) is 3.89. The van der Waals surface area contributed by atoms with Crippen molar-refractivity contribution in [3.63, 3.8) is 0 Å². The van der Waals surface area contributed by atoms with E-state index in [1.165, 1.54) is 11.3 Å². The second kappa shape index (κ2) is 6.92. The highest BCUT2D eigenvalue weighted by atomic mass is 35.5. The number of nitrogens with zero attached hydrogens (tertiary/aromatic N) is 3. The van der Waals surface area contributed by atoms with Gasteiger partial charge in [-0.3, -0.25) is 0 Å². The molecule has 4 nitrogen and oxygen atoms in total. The van der Waals surface area contributed by atoms with Crippen LogP contribution in [0.3, 0.4) is 0 Å². The summed E-state index contributed by atoms with van der Waals surface area (Å²) in [5.74, 6) is 0. The summed E-state index contributed by atoms with van der Waals surface area (Å²) < 4.78 is 0. The maximum atomic E-state index is 6.28. The minimum Gasteiger partial charge on any atom is -0.330 e. The summed E-state index contributed by atoms with van der Waals surface area (Å²) in [6.07, 6.45) is 0. The Morgan fingerprint density at radius 2 is 1.92 bits per heavy atom. The van der Waals surface area contributed by atoms with Gasteiger partial charge in [0.1, 0.15) is 10.0 Å². The van der Waals surface area contributed by atoms with Crippen LogP contribution >= 0.6 is 34.3 Å². The van der Waals surface area contributed by atoms with Crippen molar-refractivity contribution in [1.82, 2.24) is 15.2 Å². The average Bonchev–Trinajstić information content (AvgIpc) is 3.25. The van der Waals surface area contributed by atoms with Crippen molar-refractivity contribution in [2.24, 2.45) is 0 Å². The molecule has 0 unspecified atom stereocenters. The Labute approximate surface area is 158 Å². The Balaban J connectivity index is 1.62. The zero-order valence-corrected chi connectivity index (χ0v) is 15.6. The third-order valence-electron chi connectivity index (χ3n) is 3.54. The van der Waals surface area contributed by atoms with E-state index in [2.05, 4.69) is 21.6 Å². The molecule has 0 aliphatic rings. The minimum absolute atomic E-state index is 0.713. The summed E-state index contributed by atoms with van der Waals surface area (Å²) in [6.45, 7) is 1.94. The lowest BCUT2D eigenvalue weighted by Crippen LogP contribution is -1.90. The first kappa shape index (κ1) is 16.2. The molecule has 0 aliphatic carbocycles. The number of hydrogen-bond donors (Lipinski definition) is 1. The lowest BCUT2D eigenvalue weighted by molar-refractivity contribution is 1.05. The zero-order chi connectivity index (χ0) is 17.2. The first-order valence-corrected chi connectivity index (χ1v) is 9.64. The minimum atomic E-state index is 0.713. The van der Waals surface area contributed by atoms with Crippen molar-refractivity contribution in [3.05, 3.63) is 63.9 Å². The van der Waals surface area contributed by atoms with Gasteiger partial charge in [-0.05, 0) is 25.1 Å². The van der Waals surface area contributed by atoms with Crippen LogP contribution in [0.5, 0.6) is 0 Å². The molecular formula is C18H13ClN4S2. The van der Waals surface area contributed by atoms with Gasteiger partial charge in [-0.2, -0.15) is 0 Å². The molecule has 0 aliphatic heterocycles. The molecule has 0 radical (unpaired) electrons. The van der Waals surface area contributed by atoms with Gasteiger partial charge in [-0.25, -0.2) is 4.98 Å². The molecule has 124 valence electrons. The lowest BCUT2D eigenvalue weighted by atomic mass is 10.1. The zero-order valence-electron chi connectivity index (χ0n) is 13.2. The number of thiazole rings is 1. The van der Waals surface area contributed by atoms with Crippen molar-refractivity contribution in [2.45, 2.75) is 6.92 Å². The first-order valence-electron chi connectivity index (χ1n) is 7.57. The van der Waals surface area contributed by atoms with E-state index in [-0.39, 0.29) is 0 Å². The topological polar surface area (TPSA) is 50.7 Å². The molecule has 0 fully saturated rings. The molecular weight excluding hydrogens is 372 g/mol. The highest BCUT2D eigenvalue weighted by Crippen LogP contribution is 2.34. The van der Waals surface area contributed by atoms with Gasteiger partial charge in [0, 0.05) is 22.2 Å². The quantitative estimate of drug-likeness (QED) is 0.466. The first-order chi connectivity index (χ1) is 12.2. The van der Waals surface area contributed by atoms with Crippen LogP contribution in [0.1, 0.15) is 5.01 Å². The summed E-state index contributed by atoms with van der Waals surface area (Å²) in [5, 5.41) is 16.8. The maximum absolute atomic E-state index is 6.28. The number of aromatic nitrogens is 3. The van der Waals surface area contributed by atoms with Crippen LogP contribution in [0, 0.1) is 6.92 Å². The number of hydrogen-bond acceptors (Lipinski definition) is 6. The van der Waals surface area contributed by atoms with Gasteiger partial charge in [0.2, 0.25) is 5.13 Å². The molecule has 0 bridgehead atoms. The highest BCUT2D eigenvalue weighted by molar-refractivity contribution is 7.15. The predicted molar refractivity (Wildman–Crippen MR) is 106 cm³/mol. The third kappa shape index (κ3) is 3.56. The average molecular weight is 385 g/mol. The van der Waals surface area contributed by atoms with Crippen molar-refractivity contribution in [3.8, 4) is 21.8 Å². The van der Waals surface area contributed by atoms with Gasteiger partial charge < -0.3 is 5.32 Å². The number of aryl methyl sites for hydroxylation is 1. The number of halogens is 1. The van der Waals surface area contributed by atoms with E-state index in [1.807, 2.05) is 54.8 Å². The van der Waals surface area contributed by atoms with E-state index in [9.17, 15) is 0 Å². The molecule has 2 aromatic heterocycles. The molecule has 4 rings (SSSR count). The van der Waals surface area contributed by atoms with Crippen LogP contribution in [0.4, 0.5) is 10.8 Å². The van der Waals surface area contributed by atoms with E-state index in [1.54, 1.807) is 11.3 Å². The Hall–Kier alpha value is -2.28. The Morgan fingerprint density at radius 1 is 1.04 bits per heavy atom. The van der Waals surface area contributed by atoms with Crippen LogP contribution in [0.25, 0.3) is 21.8 Å². The molecule has 0 spiro atoms. The van der Waals surface area contributed by atoms with Crippen LogP contribution in [-0.2, 0) is 0 Å². The van der Waals surface area contributed by atoms with Gasteiger partial charge in [0.05, 0.1) is 10.7 Å². The monoisotopic (exact) mass is 384 g/mol. The van der Waals surface area contributed by atoms with E-state index in [4.69, 9.17) is 16.6 Å². The van der Waals surface area contributed by atoms with Crippen LogP contribution < -0.4 is 5.32 Å². The summed E-state index contributed by atoms with van der Waals surface area (Å²) in [7, 11) is 0.